The van der Waals surface area contributed by atoms with Gasteiger partial charge in [0.1, 0.15) is 5.92 Å². The van der Waals surface area contributed by atoms with Crippen LogP contribution in [-0.4, -0.2) is 34.7 Å². The van der Waals surface area contributed by atoms with Gasteiger partial charge in [0.25, 0.3) is 0 Å². The summed E-state index contributed by atoms with van der Waals surface area (Å²) in [5, 5.41) is 20.1. The van der Waals surface area contributed by atoms with E-state index >= 15 is 0 Å². The molecule has 0 aromatic rings. The average Bonchev–Trinajstić information content (AvgIpc) is 2.15. The highest BCUT2D eigenvalue weighted by Crippen LogP contribution is 1.97. The van der Waals surface area contributed by atoms with Gasteiger partial charge in [-0.15, -0.1) is 0 Å². The number of carbonyl (C=O) groups is 2. The van der Waals surface area contributed by atoms with Crippen LogP contribution >= 0.6 is 0 Å². The fourth-order valence-corrected chi connectivity index (χ4v) is 0.831. The number of hydrogen-bond acceptors (Lipinski definition) is 3. The molecule has 0 aliphatic carbocycles. The van der Waals surface area contributed by atoms with Crippen LogP contribution in [-0.2, 0) is 9.59 Å². The van der Waals surface area contributed by atoms with E-state index in [1.54, 1.807) is 0 Å². The number of hydrogen-bond donors (Lipinski definition) is 3. The van der Waals surface area contributed by atoms with Crippen molar-refractivity contribution in [1.29, 1.82) is 0 Å². The van der Waals surface area contributed by atoms with Crippen LogP contribution in [0.5, 0.6) is 0 Å². The van der Waals surface area contributed by atoms with Crippen molar-refractivity contribution in [2.45, 2.75) is 32.8 Å². The summed E-state index contributed by atoms with van der Waals surface area (Å²) in [4.78, 5) is 21.5. The van der Waals surface area contributed by atoms with E-state index in [9.17, 15) is 9.59 Å². The maximum absolute atomic E-state index is 11.1. The molecule has 3 N–H and O–H groups in total. The van der Waals surface area contributed by atoms with Gasteiger partial charge in [0, 0.05) is 6.54 Å². The van der Waals surface area contributed by atoms with E-state index in [1.807, 2.05) is 6.92 Å². The first kappa shape index (κ1) is 12.9. The first-order valence-corrected chi connectivity index (χ1v) is 4.67. The third-order valence-corrected chi connectivity index (χ3v) is 2.01. The molecule has 2 atom stereocenters. The van der Waals surface area contributed by atoms with Gasteiger partial charge in [0.2, 0.25) is 5.91 Å². The Hall–Kier alpha value is -1.10. The molecule has 0 aromatic heterocycles. The number of aliphatic carboxylic acids is 1. The molecule has 5 nitrogen and oxygen atoms in total. The molecule has 0 fully saturated rings. The minimum atomic E-state index is -1.14. The number of aliphatic hydroxyl groups excluding tert-OH is 1. The van der Waals surface area contributed by atoms with Crippen LogP contribution in [0.25, 0.3) is 0 Å². The zero-order chi connectivity index (χ0) is 11.1. The molecule has 0 aromatic carbocycles. The smallest absolute Gasteiger partial charge is 0.315 e. The van der Waals surface area contributed by atoms with Crippen molar-refractivity contribution in [3.63, 3.8) is 0 Å². The summed E-state index contributed by atoms with van der Waals surface area (Å²) < 4.78 is 0. The summed E-state index contributed by atoms with van der Waals surface area (Å²) in [6.07, 6.45) is 0.647. The SMILES string of the molecule is CCC(O)CCNC(=O)C(C)C(=O)O. The first-order valence-electron chi connectivity index (χ1n) is 4.67. The van der Waals surface area contributed by atoms with E-state index in [0.29, 0.717) is 19.4 Å². The number of amides is 1. The molecule has 0 heterocycles. The topological polar surface area (TPSA) is 86.6 Å². The fourth-order valence-electron chi connectivity index (χ4n) is 0.831. The van der Waals surface area contributed by atoms with Gasteiger partial charge in [-0.2, -0.15) is 0 Å². The summed E-state index contributed by atoms with van der Waals surface area (Å²) in [6, 6.07) is 0. The Bertz CT molecular complexity index is 205. The molecule has 0 rings (SSSR count). The third kappa shape index (κ3) is 4.81. The Balaban J connectivity index is 3.69. The maximum atomic E-state index is 11.1. The lowest BCUT2D eigenvalue weighted by molar-refractivity contribution is -0.146. The van der Waals surface area contributed by atoms with Crippen LogP contribution in [0.3, 0.4) is 0 Å². The summed E-state index contributed by atoms with van der Waals surface area (Å²) in [5.74, 6) is -2.69. The first-order chi connectivity index (χ1) is 6.49. The maximum Gasteiger partial charge on any atom is 0.315 e. The Kier molecular flexibility index (Phi) is 5.87. The molecule has 1 amide bonds. The van der Waals surface area contributed by atoms with Crippen LogP contribution in [0, 0.1) is 5.92 Å². The molecule has 2 unspecified atom stereocenters. The van der Waals surface area contributed by atoms with E-state index in [-0.39, 0.29) is 0 Å². The van der Waals surface area contributed by atoms with Gasteiger partial charge in [-0.25, -0.2) is 0 Å². The van der Waals surface area contributed by atoms with Crippen molar-refractivity contribution in [2.24, 2.45) is 5.92 Å². The highest BCUT2D eigenvalue weighted by molar-refractivity contribution is 5.96. The fraction of sp³-hybridized carbons (Fsp3) is 0.778. The van der Waals surface area contributed by atoms with Crippen molar-refractivity contribution in [3.05, 3.63) is 0 Å². The zero-order valence-corrected chi connectivity index (χ0v) is 8.49. The molecular formula is C9H17NO4. The quantitative estimate of drug-likeness (QED) is 0.530. The van der Waals surface area contributed by atoms with Gasteiger partial charge in [0.15, 0.2) is 0 Å². The minimum Gasteiger partial charge on any atom is -0.481 e. The summed E-state index contributed by atoms with van der Waals surface area (Å²) in [6.45, 7) is 3.48. The minimum absolute atomic E-state index is 0.311. The predicted molar refractivity (Wildman–Crippen MR) is 50.7 cm³/mol. The van der Waals surface area contributed by atoms with E-state index in [1.165, 1.54) is 6.92 Å². The molecule has 0 radical (unpaired) electrons. The van der Waals surface area contributed by atoms with E-state index < -0.39 is 23.9 Å². The van der Waals surface area contributed by atoms with Crippen molar-refractivity contribution in [3.8, 4) is 0 Å². The molecular weight excluding hydrogens is 186 g/mol. The highest BCUT2D eigenvalue weighted by atomic mass is 16.4. The summed E-state index contributed by atoms with van der Waals surface area (Å²) in [7, 11) is 0. The Morgan fingerprint density at radius 3 is 2.43 bits per heavy atom. The highest BCUT2D eigenvalue weighted by Gasteiger charge is 2.19. The van der Waals surface area contributed by atoms with Crippen molar-refractivity contribution >= 4 is 11.9 Å². The van der Waals surface area contributed by atoms with Crippen molar-refractivity contribution < 1.29 is 19.8 Å². The largest absolute Gasteiger partial charge is 0.481 e. The van der Waals surface area contributed by atoms with Crippen molar-refractivity contribution in [1.82, 2.24) is 5.32 Å². The number of carbonyl (C=O) groups excluding carboxylic acids is 1. The van der Waals surface area contributed by atoms with Crippen molar-refractivity contribution in [2.75, 3.05) is 6.54 Å². The average molecular weight is 203 g/mol. The second-order valence-electron chi connectivity index (χ2n) is 3.20. The molecule has 14 heavy (non-hydrogen) atoms. The van der Waals surface area contributed by atoms with Gasteiger partial charge < -0.3 is 15.5 Å². The predicted octanol–water partition coefficient (Wildman–Crippen LogP) is -0.0157. The Morgan fingerprint density at radius 1 is 1.43 bits per heavy atom. The van der Waals surface area contributed by atoms with Gasteiger partial charge in [0.05, 0.1) is 6.10 Å². The third-order valence-electron chi connectivity index (χ3n) is 2.01. The van der Waals surface area contributed by atoms with Crippen LogP contribution in [0.1, 0.15) is 26.7 Å². The van der Waals surface area contributed by atoms with Crippen LogP contribution in [0.4, 0.5) is 0 Å². The van der Waals surface area contributed by atoms with Crippen LogP contribution in [0.15, 0.2) is 0 Å². The van der Waals surface area contributed by atoms with E-state index in [0.717, 1.165) is 0 Å². The van der Waals surface area contributed by atoms with E-state index in [2.05, 4.69) is 5.32 Å². The molecule has 82 valence electrons. The summed E-state index contributed by atoms with van der Waals surface area (Å²) in [5.41, 5.74) is 0. The number of carboxylic acids is 1. The van der Waals surface area contributed by atoms with Crippen LogP contribution in [0.2, 0.25) is 0 Å². The van der Waals surface area contributed by atoms with Gasteiger partial charge in [-0.05, 0) is 19.8 Å². The van der Waals surface area contributed by atoms with Crippen LogP contribution < -0.4 is 5.32 Å². The molecule has 0 aliphatic rings. The molecule has 0 saturated heterocycles. The lowest BCUT2D eigenvalue weighted by Gasteiger charge is -2.10. The number of nitrogens with one attached hydrogen (secondary N) is 1. The number of rotatable bonds is 6. The van der Waals surface area contributed by atoms with Gasteiger partial charge >= 0.3 is 5.97 Å². The Labute approximate surface area is 83.1 Å². The molecule has 0 saturated carbocycles. The molecule has 5 heteroatoms. The lowest BCUT2D eigenvalue weighted by atomic mass is 10.1. The summed E-state index contributed by atoms with van der Waals surface area (Å²) >= 11 is 0. The van der Waals surface area contributed by atoms with E-state index in [4.69, 9.17) is 10.2 Å². The zero-order valence-electron chi connectivity index (χ0n) is 8.49. The Morgan fingerprint density at radius 2 is 2.00 bits per heavy atom. The van der Waals surface area contributed by atoms with Gasteiger partial charge in [-0.1, -0.05) is 6.92 Å². The second-order valence-corrected chi connectivity index (χ2v) is 3.20. The normalized spacial score (nSPS) is 14.5. The molecule has 0 spiro atoms. The number of carboxylic acid groups (broad SMARTS) is 1. The standard InChI is InChI=1S/C9H17NO4/c1-3-7(11)4-5-10-8(12)6(2)9(13)14/h6-7,11H,3-5H2,1-2H3,(H,10,12)(H,13,14). The second kappa shape index (κ2) is 6.37. The monoisotopic (exact) mass is 203 g/mol. The lowest BCUT2D eigenvalue weighted by Crippen LogP contribution is -2.35. The molecule has 0 aliphatic heterocycles. The number of aliphatic hydroxyl groups is 1. The molecule has 0 bridgehead atoms. The van der Waals surface area contributed by atoms with Gasteiger partial charge in [-0.3, -0.25) is 9.59 Å².